The quantitative estimate of drug-likeness (QED) is 0.891. The van der Waals surface area contributed by atoms with Crippen molar-refractivity contribution in [1.82, 2.24) is 24.6 Å². The second-order valence-corrected chi connectivity index (χ2v) is 6.87. The molecule has 0 saturated carbocycles. The summed E-state index contributed by atoms with van der Waals surface area (Å²) in [4.78, 5) is 11.1. The molecule has 7 nitrogen and oxygen atoms in total. The molecule has 0 radical (unpaired) electrons. The van der Waals surface area contributed by atoms with E-state index in [1.54, 1.807) is 0 Å². The van der Waals surface area contributed by atoms with Gasteiger partial charge in [-0.2, -0.15) is 5.10 Å². The van der Waals surface area contributed by atoms with Crippen molar-refractivity contribution in [1.29, 1.82) is 0 Å². The zero-order valence-corrected chi connectivity index (χ0v) is 14.3. The predicted molar refractivity (Wildman–Crippen MR) is 90.2 cm³/mol. The van der Waals surface area contributed by atoms with Crippen molar-refractivity contribution >= 4 is 5.95 Å². The van der Waals surface area contributed by atoms with Gasteiger partial charge in [-0.1, -0.05) is 0 Å². The van der Waals surface area contributed by atoms with Crippen LogP contribution in [0.5, 0.6) is 0 Å². The SMILES string of the molecule is Cc1cc(CN2CCC3(CC2)OCCc2cnc(N)nc23)n(C)n1. The molecule has 7 heteroatoms. The third-order valence-electron chi connectivity index (χ3n) is 5.21. The second kappa shape index (κ2) is 5.82. The molecular formula is C17H24N6O. The van der Waals surface area contributed by atoms with Crippen molar-refractivity contribution in [3.05, 3.63) is 34.9 Å². The Balaban J connectivity index is 1.50. The zero-order valence-electron chi connectivity index (χ0n) is 14.3. The Kier molecular flexibility index (Phi) is 3.77. The number of rotatable bonds is 2. The molecule has 0 bridgehead atoms. The standard InChI is InChI=1S/C17H24N6O/c1-12-9-14(22(2)21-12)11-23-6-4-17(5-7-23)15-13(3-8-24-17)10-19-16(18)20-15/h9-10H,3-8,11H2,1-2H3,(H2,18,19,20). The Morgan fingerprint density at radius 1 is 1.33 bits per heavy atom. The number of anilines is 1. The number of ether oxygens (including phenoxy) is 1. The molecule has 2 aromatic rings. The van der Waals surface area contributed by atoms with Gasteiger partial charge in [0, 0.05) is 32.9 Å². The highest BCUT2D eigenvalue weighted by Gasteiger charge is 2.42. The maximum atomic E-state index is 6.22. The van der Waals surface area contributed by atoms with E-state index < -0.39 is 0 Å². The van der Waals surface area contributed by atoms with E-state index in [9.17, 15) is 0 Å². The maximum Gasteiger partial charge on any atom is 0.220 e. The first-order chi connectivity index (χ1) is 11.6. The molecule has 4 heterocycles. The van der Waals surface area contributed by atoms with Gasteiger partial charge < -0.3 is 10.5 Å². The van der Waals surface area contributed by atoms with Gasteiger partial charge in [-0.05, 0) is 37.8 Å². The molecule has 0 aliphatic carbocycles. The third kappa shape index (κ3) is 2.67. The van der Waals surface area contributed by atoms with Gasteiger partial charge in [-0.3, -0.25) is 9.58 Å². The number of fused-ring (bicyclic) bond motifs is 2. The van der Waals surface area contributed by atoms with E-state index in [2.05, 4.69) is 26.0 Å². The largest absolute Gasteiger partial charge is 0.368 e. The van der Waals surface area contributed by atoms with Gasteiger partial charge in [-0.15, -0.1) is 0 Å². The highest BCUT2D eigenvalue weighted by molar-refractivity contribution is 5.32. The third-order valence-corrected chi connectivity index (χ3v) is 5.21. The number of nitrogens with two attached hydrogens (primary N) is 1. The Hall–Kier alpha value is -1.99. The van der Waals surface area contributed by atoms with Gasteiger partial charge in [0.2, 0.25) is 5.95 Å². The Labute approximate surface area is 141 Å². The van der Waals surface area contributed by atoms with Crippen LogP contribution in [0, 0.1) is 6.92 Å². The van der Waals surface area contributed by atoms with Gasteiger partial charge in [0.25, 0.3) is 0 Å². The van der Waals surface area contributed by atoms with Crippen LogP contribution in [0.15, 0.2) is 12.3 Å². The first kappa shape index (κ1) is 15.5. The van der Waals surface area contributed by atoms with Crippen LogP contribution in [-0.4, -0.2) is 44.3 Å². The van der Waals surface area contributed by atoms with Crippen molar-refractivity contribution in [2.75, 3.05) is 25.4 Å². The first-order valence-electron chi connectivity index (χ1n) is 8.53. The number of hydrogen-bond acceptors (Lipinski definition) is 6. The van der Waals surface area contributed by atoms with Gasteiger partial charge >= 0.3 is 0 Å². The van der Waals surface area contributed by atoms with Gasteiger partial charge in [0.1, 0.15) is 5.60 Å². The molecule has 0 aromatic carbocycles. The lowest BCUT2D eigenvalue weighted by atomic mass is 9.83. The fourth-order valence-corrected chi connectivity index (χ4v) is 3.92. The minimum atomic E-state index is -0.288. The highest BCUT2D eigenvalue weighted by Crippen LogP contribution is 2.40. The summed E-state index contributed by atoms with van der Waals surface area (Å²) in [6.45, 7) is 5.65. The summed E-state index contributed by atoms with van der Waals surface area (Å²) < 4.78 is 8.20. The summed E-state index contributed by atoms with van der Waals surface area (Å²) in [6.07, 6.45) is 4.61. The molecule has 0 amide bonds. The zero-order chi connectivity index (χ0) is 16.7. The van der Waals surface area contributed by atoms with E-state index in [0.29, 0.717) is 5.95 Å². The number of nitrogens with zero attached hydrogens (tertiary/aromatic N) is 5. The van der Waals surface area contributed by atoms with E-state index in [1.165, 1.54) is 11.3 Å². The average molecular weight is 328 g/mol. The fourth-order valence-electron chi connectivity index (χ4n) is 3.92. The molecule has 0 atom stereocenters. The lowest BCUT2D eigenvalue weighted by molar-refractivity contribution is -0.102. The van der Waals surface area contributed by atoms with Gasteiger partial charge in [0.05, 0.1) is 23.7 Å². The summed E-state index contributed by atoms with van der Waals surface area (Å²) in [5, 5.41) is 4.43. The lowest BCUT2D eigenvalue weighted by Gasteiger charge is -2.44. The summed E-state index contributed by atoms with van der Waals surface area (Å²) in [7, 11) is 2.01. The number of likely N-dealkylation sites (tertiary alicyclic amines) is 1. The lowest BCUT2D eigenvalue weighted by Crippen LogP contribution is -2.47. The van der Waals surface area contributed by atoms with E-state index in [0.717, 1.165) is 56.9 Å². The van der Waals surface area contributed by atoms with Crippen molar-refractivity contribution in [3.63, 3.8) is 0 Å². The van der Waals surface area contributed by atoms with Crippen LogP contribution < -0.4 is 5.73 Å². The fraction of sp³-hybridized carbons (Fsp3) is 0.588. The molecular weight excluding hydrogens is 304 g/mol. The Morgan fingerprint density at radius 3 is 2.83 bits per heavy atom. The van der Waals surface area contributed by atoms with Crippen molar-refractivity contribution < 1.29 is 4.74 Å². The molecule has 128 valence electrons. The van der Waals surface area contributed by atoms with Crippen LogP contribution in [0.3, 0.4) is 0 Å². The summed E-state index contributed by atoms with van der Waals surface area (Å²) >= 11 is 0. The van der Waals surface area contributed by atoms with E-state index in [-0.39, 0.29) is 5.60 Å². The molecule has 2 aliphatic heterocycles. The van der Waals surface area contributed by atoms with Crippen LogP contribution in [-0.2, 0) is 30.4 Å². The number of hydrogen-bond donors (Lipinski definition) is 1. The number of aryl methyl sites for hydroxylation is 2. The van der Waals surface area contributed by atoms with Crippen molar-refractivity contribution in [2.45, 2.75) is 38.3 Å². The van der Waals surface area contributed by atoms with E-state index in [1.807, 2.05) is 24.9 Å². The molecule has 2 N–H and O–H groups in total. The number of aromatic nitrogens is 4. The minimum absolute atomic E-state index is 0.288. The monoisotopic (exact) mass is 328 g/mol. The average Bonchev–Trinajstić information content (AvgIpc) is 2.88. The minimum Gasteiger partial charge on any atom is -0.368 e. The second-order valence-electron chi connectivity index (χ2n) is 6.87. The maximum absolute atomic E-state index is 6.22. The normalized spacial score (nSPS) is 20.2. The molecule has 1 saturated heterocycles. The van der Waals surface area contributed by atoms with Gasteiger partial charge in [-0.25, -0.2) is 9.97 Å². The number of nitrogen functional groups attached to an aromatic ring is 1. The molecule has 0 unspecified atom stereocenters. The molecule has 4 rings (SSSR count). The van der Waals surface area contributed by atoms with Gasteiger partial charge in [0.15, 0.2) is 0 Å². The molecule has 24 heavy (non-hydrogen) atoms. The molecule has 1 spiro atoms. The van der Waals surface area contributed by atoms with Crippen LogP contribution in [0.25, 0.3) is 0 Å². The van der Waals surface area contributed by atoms with Crippen LogP contribution in [0.2, 0.25) is 0 Å². The summed E-state index contributed by atoms with van der Waals surface area (Å²) in [5.74, 6) is 0.339. The Morgan fingerprint density at radius 2 is 2.12 bits per heavy atom. The van der Waals surface area contributed by atoms with Crippen molar-refractivity contribution in [2.24, 2.45) is 7.05 Å². The topological polar surface area (TPSA) is 82.1 Å². The Bertz CT molecular complexity index is 748. The van der Waals surface area contributed by atoms with Crippen LogP contribution in [0.4, 0.5) is 5.95 Å². The first-order valence-corrected chi connectivity index (χ1v) is 8.53. The molecule has 2 aliphatic rings. The summed E-state index contributed by atoms with van der Waals surface area (Å²) in [5.41, 5.74) is 10.0. The highest BCUT2D eigenvalue weighted by atomic mass is 16.5. The van der Waals surface area contributed by atoms with Crippen molar-refractivity contribution in [3.8, 4) is 0 Å². The predicted octanol–water partition coefficient (Wildman–Crippen LogP) is 1.16. The van der Waals surface area contributed by atoms with E-state index in [4.69, 9.17) is 10.5 Å². The van der Waals surface area contributed by atoms with Crippen LogP contribution >= 0.6 is 0 Å². The molecule has 1 fully saturated rings. The molecule has 2 aromatic heterocycles. The van der Waals surface area contributed by atoms with Crippen LogP contribution in [0.1, 0.15) is 35.5 Å². The summed E-state index contributed by atoms with van der Waals surface area (Å²) in [6, 6.07) is 2.16. The number of piperidine rings is 1. The van der Waals surface area contributed by atoms with E-state index >= 15 is 0 Å². The smallest absolute Gasteiger partial charge is 0.220 e.